The molecule has 2 aliphatic rings. The van der Waals surface area contributed by atoms with Crippen LogP contribution in [0.4, 0.5) is 5.13 Å². The summed E-state index contributed by atoms with van der Waals surface area (Å²) in [5, 5.41) is 14.8. The third kappa shape index (κ3) is 3.46. The SMILES string of the molecule is OCc1cc2n(n1)CCCN(Cc1cnc(N3CCOCC3)s1)C2. The second-order valence-electron chi connectivity index (χ2n) is 6.28. The van der Waals surface area contributed by atoms with E-state index in [2.05, 4.69) is 19.9 Å². The van der Waals surface area contributed by atoms with E-state index in [1.165, 1.54) is 10.6 Å². The molecule has 8 heteroatoms. The molecule has 0 saturated carbocycles. The van der Waals surface area contributed by atoms with Gasteiger partial charge in [0.2, 0.25) is 0 Å². The first-order valence-corrected chi connectivity index (χ1v) is 9.30. The van der Waals surface area contributed by atoms with E-state index in [0.717, 1.165) is 69.7 Å². The molecule has 2 aromatic heterocycles. The molecule has 4 heterocycles. The van der Waals surface area contributed by atoms with Crippen LogP contribution < -0.4 is 4.90 Å². The summed E-state index contributed by atoms with van der Waals surface area (Å²) < 4.78 is 7.45. The molecular weight excluding hydrogens is 326 g/mol. The van der Waals surface area contributed by atoms with Gasteiger partial charge in [0.25, 0.3) is 0 Å². The minimum Gasteiger partial charge on any atom is -0.390 e. The van der Waals surface area contributed by atoms with Crippen molar-refractivity contribution in [3.05, 3.63) is 28.5 Å². The normalized spacial score (nSPS) is 19.3. The number of anilines is 1. The molecule has 0 unspecified atom stereocenters. The van der Waals surface area contributed by atoms with E-state index in [0.29, 0.717) is 0 Å². The first-order valence-electron chi connectivity index (χ1n) is 8.48. The monoisotopic (exact) mass is 349 g/mol. The summed E-state index contributed by atoms with van der Waals surface area (Å²) in [5.41, 5.74) is 1.95. The summed E-state index contributed by atoms with van der Waals surface area (Å²) in [4.78, 5) is 10.7. The van der Waals surface area contributed by atoms with E-state index in [1.54, 1.807) is 11.3 Å². The Morgan fingerprint density at radius 2 is 2.08 bits per heavy atom. The number of aromatic nitrogens is 3. The fourth-order valence-electron chi connectivity index (χ4n) is 3.29. The van der Waals surface area contributed by atoms with Gasteiger partial charge in [-0.25, -0.2) is 4.98 Å². The number of aliphatic hydroxyl groups excluding tert-OH is 1. The van der Waals surface area contributed by atoms with Gasteiger partial charge in [-0.1, -0.05) is 0 Å². The number of aryl methyl sites for hydroxylation is 1. The average Bonchev–Trinajstić information content (AvgIpc) is 3.19. The summed E-state index contributed by atoms with van der Waals surface area (Å²) in [5.74, 6) is 0. The summed E-state index contributed by atoms with van der Waals surface area (Å²) in [6.07, 6.45) is 3.09. The van der Waals surface area contributed by atoms with Crippen LogP contribution in [-0.4, -0.2) is 57.6 Å². The maximum absolute atomic E-state index is 9.28. The van der Waals surface area contributed by atoms with Gasteiger partial charge in [0.05, 0.1) is 31.2 Å². The van der Waals surface area contributed by atoms with E-state index in [4.69, 9.17) is 4.74 Å². The Balaban J connectivity index is 1.42. The summed E-state index contributed by atoms with van der Waals surface area (Å²) >= 11 is 1.79. The number of hydrogen-bond acceptors (Lipinski definition) is 7. The van der Waals surface area contributed by atoms with Gasteiger partial charge in [-0.2, -0.15) is 5.10 Å². The number of ether oxygens (including phenoxy) is 1. The highest BCUT2D eigenvalue weighted by molar-refractivity contribution is 7.15. The van der Waals surface area contributed by atoms with E-state index in [1.807, 2.05) is 16.9 Å². The van der Waals surface area contributed by atoms with Crippen molar-refractivity contribution in [3.63, 3.8) is 0 Å². The first-order chi connectivity index (χ1) is 11.8. The predicted octanol–water partition coefficient (Wildman–Crippen LogP) is 1.07. The van der Waals surface area contributed by atoms with Crippen molar-refractivity contribution in [2.45, 2.75) is 32.7 Å². The third-order valence-corrected chi connectivity index (χ3v) is 5.55. The van der Waals surface area contributed by atoms with Gasteiger partial charge in [-0.3, -0.25) is 9.58 Å². The van der Waals surface area contributed by atoms with Crippen molar-refractivity contribution >= 4 is 16.5 Å². The topological polar surface area (TPSA) is 66.7 Å². The molecule has 1 fully saturated rings. The zero-order chi connectivity index (χ0) is 16.4. The summed E-state index contributed by atoms with van der Waals surface area (Å²) in [6, 6.07) is 2.02. The Kier molecular flexibility index (Phi) is 4.79. The van der Waals surface area contributed by atoms with Crippen molar-refractivity contribution in [1.29, 1.82) is 0 Å². The lowest BCUT2D eigenvalue weighted by Gasteiger charge is -2.26. The number of thiazole rings is 1. The Labute approximate surface area is 145 Å². The van der Waals surface area contributed by atoms with Crippen LogP contribution in [0.3, 0.4) is 0 Å². The number of aliphatic hydroxyl groups is 1. The van der Waals surface area contributed by atoms with Crippen LogP contribution in [0.5, 0.6) is 0 Å². The number of rotatable bonds is 4. The molecule has 0 aliphatic carbocycles. The average molecular weight is 349 g/mol. The van der Waals surface area contributed by atoms with Crippen molar-refractivity contribution < 1.29 is 9.84 Å². The second-order valence-corrected chi connectivity index (χ2v) is 7.37. The molecule has 24 heavy (non-hydrogen) atoms. The summed E-state index contributed by atoms with van der Waals surface area (Å²) in [7, 11) is 0. The zero-order valence-electron chi connectivity index (χ0n) is 13.7. The maximum Gasteiger partial charge on any atom is 0.185 e. The highest BCUT2D eigenvalue weighted by atomic mass is 32.1. The van der Waals surface area contributed by atoms with Crippen LogP contribution >= 0.6 is 11.3 Å². The Morgan fingerprint density at radius 3 is 2.92 bits per heavy atom. The molecule has 2 aromatic rings. The zero-order valence-corrected chi connectivity index (χ0v) is 14.5. The summed E-state index contributed by atoms with van der Waals surface area (Å²) in [6.45, 7) is 7.23. The van der Waals surface area contributed by atoms with E-state index >= 15 is 0 Å². The Bertz CT molecular complexity index is 680. The quantitative estimate of drug-likeness (QED) is 0.891. The number of morpholine rings is 1. The smallest absolute Gasteiger partial charge is 0.185 e. The van der Waals surface area contributed by atoms with Gasteiger partial charge in [0.15, 0.2) is 5.13 Å². The molecule has 0 radical (unpaired) electrons. The van der Waals surface area contributed by atoms with E-state index < -0.39 is 0 Å². The van der Waals surface area contributed by atoms with Crippen molar-refractivity contribution in [3.8, 4) is 0 Å². The van der Waals surface area contributed by atoms with Crippen LogP contribution in [0, 0.1) is 0 Å². The maximum atomic E-state index is 9.28. The molecule has 0 amide bonds. The molecule has 2 aliphatic heterocycles. The molecule has 1 saturated heterocycles. The molecular formula is C16H23N5O2S. The van der Waals surface area contributed by atoms with Crippen LogP contribution in [0.15, 0.2) is 12.3 Å². The fourth-order valence-corrected chi connectivity index (χ4v) is 4.30. The van der Waals surface area contributed by atoms with Crippen molar-refractivity contribution in [2.75, 3.05) is 37.7 Å². The Hall–Kier alpha value is -1.48. The minimum absolute atomic E-state index is 0.0117. The second kappa shape index (κ2) is 7.18. The van der Waals surface area contributed by atoms with Crippen LogP contribution in [-0.2, 0) is 31.0 Å². The molecule has 7 nitrogen and oxygen atoms in total. The van der Waals surface area contributed by atoms with Crippen LogP contribution in [0.2, 0.25) is 0 Å². The van der Waals surface area contributed by atoms with Crippen LogP contribution in [0.1, 0.15) is 22.7 Å². The largest absolute Gasteiger partial charge is 0.390 e. The molecule has 0 aromatic carbocycles. The molecule has 1 N–H and O–H groups in total. The van der Waals surface area contributed by atoms with Gasteiger partial charge in [-0.15, -0.1) is 11.3 Å². The highest BCUT2D eigenvalue weighted by Crippen LogP contribution is 2.25. The number of hydrogen-bond donors (Lipinski definition) is 1. The molecule has 130 valence electrons. The van der Waals surface area contributed by atoms with Crippen LogP contribution in [0.25, 0.3) is 0 Å². The predicted molar refractivity (Wildman–Crippen MR) is 92.0 cm³/mol. The standard InChI is InChI=1S/C16H23N5O2S/c22-12-13-8-14-10-19(2-1-3-21(14)18-13)11-15-9-17-16(24-15)20-4-6-23-7-5-20/h8-9,22H,1-7,10-12H2. The molecule has 0 atom stereocenters. The minimum atomic E-state index is 0.0117. The van der Waals surface area contributed by atoms with Gasteiger partial charge in [-0.05, 0) is 12.5 Å². The molecule has 4 rings (SSSR count). The third-order valence-electron chi connectivity index (χ3n) is 4.51. The lowest BCUT2D eigenvalue weighted by atomic mass is 10.3. The van der Waals surface area contributed by atoms with Gasteiger partial charge < -0.3 is 14.7 Å². The lowest BCUT2D eigenvalue weighted by molar-refractivity contribution is 0.122. The van der Waals surface area contributed by atoms with Crippen molar-refractivity contribution in [2.24, 2.45) is 0 Å². The lowest BCUT2D eigenvalue weighted by Crippen LogP contribution is -2.36. The van der Waals surface area contributed by atoms with E-state index in [9.17, 15) is 5.11 Å². The van der Waals surface area contributed by atoms with E-state index in [-0.39, 0.29) is 6.61 Å². The number of nitrogens with zero attached hydrogens (tertiary/aromatic N) is 5. The first kappa shape index (κ1) is 16.0. The highest BCUT2D eigenvalue weighted by Gasteiger charge is 2.19. The van der Waals surface area contributed by atoms with Gasteiger partial charge in [0.1, 0.15) is 0 Å². The molecule has 0 bridgehead atoms. The van der Waals surface area contributed by atoms with Gasteiger partial charge in [0, 0.05) is 50.3 Å². The van der Waals surface area contributed by atoms with Crippen molar-refractivity contribution in [1.82, 2.24) is 19.7 Å². The molecule has 0 spiro atoms. The van der Waals surface area contributed by atoms with Gasteiger partial charge >= 0.3 is 0 Å². The Morgan fingerprint density at radius 1 is 1.21 bits per heavy atom. The number of fused-ring (bicyclic) bond motifs is 1. The fraction of sp³-hybridized carbons (Fsp3) is 0.625.